The van der Waals surface area contributed by atoms with E-state index < -0.39 is 0 Å². The standard InChI is InChI=1S/C15H13ClN2O2/c1-18-13(8-10-4-2-6-12(16)14(10)18)15(19)17-9-11-5-3-7-20-11/h2-8H,9H2,1H3,(H,17,19). The number of rotatable bonds is 3. The highest BCUT2D eigenvalue weighted by Crippen LogP contribution is 2.26. The third-order valence-electron chi connectivity index (χ3n) is 3.24. The summed E-state index contributed by atoms with van der Waals surface area (Å²) in [4.78, 5) is 12.2. The van der Waals surface area contributed by atoms with Gasteiger partial charge in [-0.15, -0.1) is 0 Å². The number of aromatic nitrogens is 1. The SMILES string of the molecule is Cn1c(C(=O)NCc2ccco2)cc2cccc(Cl)c21. The van der Waals surface area contributed by atoms with E-state index in [-0.39, 0.29) is 5.91 Å². The van der Waals surface area contributed by atoms with Gasteiger partial charge in [-0.1, -0.05) is 23.7 Å². The predicted octanol–water partition coefficient (Wildman–Crippen LogP) is 3.35. The lowest BCUT2D eigenvalue weighted by Crippen LogP contribution is -2.24. The highest BCUT2D eigenvalue weighted by atomic mass is 35.5. The number of furan rings is 1. The van der Waals surface area contributed by atoms with Crippen LogP contribution in [0.1, 0.15) is 16.2 Å². The first-order valence-corrected chi connectivity index (χ1v) is 6.59. The first-order chi connectivity index (χ1) is 9.66. The van der Waals surface area contributed by atoms with Crippen molar-refractivity contribution < 1.29 is 9.21 Å². The summed E-state index contributed by atoms with van der Waals surface area (Å²) in [7, 11) is 1.83. The Morgan fingerprint density at radius 2 is 2.20 bits per heavy atom. The molecule has 0 radical (unpaired) electrons. The summed E-state index contributed by atoms with van der Waals surface area (Å²) < 4.78 is 6.99. The molecule has 102 valence electrons. The molecule has 0 unspecified atom stereocenters. The van der Waals surface area contributed by atoms with Crippen molar-refractivity contribution in [3.63, 3.8) is 0 Å². The van der Waals surface area contributed by atoms with Crippen molar-refractivity contribution in [2.24, 2.45) is 7.05 Å². The van der Waals surface area contributed by atoms with E-state index in [0.717, 1.165) is 16.7 Å². The maximum atomic E-state index is 12.2. The molecule has 0 aliphatic heterocycles. The summed E-state index contributed by atoms with van der Waals surface area (Å²) in [6.07, 6.45) is 1.58. The van der Waals surface area contributed by atoms with Crippen LogP contribution in [0, 0.1) is 0 Å². The van der Waals surface area contributed by atoms with E-state index in [1.165, 1.54) is 0 Å². The van der Waals surface area contributed by atoms with Gasteiger partial charge in [-0.05, 0) is 24.3 Å². The summed E-state index contributed by atoms with van der Waals surface area (Å²) in [5, 5.41) is 4.41. The highest BCUT2D eigenvalue weighted by Gasteiger charge is 2.14. The second kappa shape index (κ2) is 5.06. The molecule has 0 bridgehead atoms. The Morgan fingerprint density at radius 1 is 1.35 bits per heavy atom. The van der Waals surface area contributed by atoms with Crippen LogP contribution in [0.2, 0.25) is 5.02 Å². The van der Waals surface area contributed by atoms with Crippen molar-refractivity contribution in [3.05, 3.63) is 59.1 Å². The minimum atomic E-state index is -0.156. The third-order valence-corrected chi connectivity index (χ3v) is 3.55. The molecule has 2 heterocycles. The number of nitrogens with zero attached hydrogens (tertiary/aromatic N) is 1. The van der Waals surface area contributed by atoms with Crippen molar-refractivity contribution in [3.8, 4) is 0 Å². The van der Waals surface area contributed by atoms with Crippen LogP contribution in [0.15, 0.2) is 47.1 Å². The van der Waals surface area contributed by atoms with Crippen LogP contribution in [0.3, 0.4) is 0 Å². The third kappa shape index (κ3) is 2.18. The molecule has 4 nitrogen and oxygen atoms in total. The first kappa shape index (κ1) is 12.8. The monoisotopic (exact) mass is 288 g/mol. The van der Waals surface area contributed by atoms with E-state index in [2.05, 4.69) is 5.32 Å². The molecule has 0 aliphatic rings. The fourth-order valence-corrected chi connectivity index (χ4v) is 2.56. The summed E-state index contributed by atoms with van der Waals surface area (Å²) in [5.74, 6) is 0.561. The van der Waals surface area contributed by atoms with Crippen molar-refractivity contribution >= 4 is 28.4 Å². The fraction of sp³-hybridized carbons (Fsp3) is 0.133. The summed E-state index contributed by atoms with van der Waals surface area (Å²) in [6.45, 7) is 0.362. The van der Waals surface area contributed by atoms with Crippen LogP contribution < -0.4 is 5.32 Å². The maximum Gasteiger partial charge on any atom is 0.268 e. The molecule has 1 amide bonds. The van der Waals surface area contributed by atoms with E-state index in [0.29, 0.717) is 17.3 Å². The largest absolute Gasteiger partial charge is 0.467 e. The second-order valence-electron chi connectivity index (χ2n) is 4.53. The van der Waals surface area contributed by atoms with Crippen molar-refractivity contribution in [2.45, 2.75) is 6.54 Å². The molecule has 1 aromatic carbocycles. The van der Waals surface area contributed by atoms with Crippen LogP contribution in [0.5, 0.6) is 0 Å². The Labute approximate surface area is 120 Å². The molecule has 3 rings (SSSR count). The van der Waals surface area contributed by atoms with E-state index in [1.54, 1.807) is 16.9 Å². The lowest BCUT2D eigenvalue weighted by Gasteiger charge is -2.05. The molecule has 20 heavy (non-hydrogen) atoms. The molecule has 0 atom stereocenters. The molecule has 0 saturated carbocycles. The van der Waals surface area contributed by atoms with Gasteiger partial charge in [0.05, 0.1) is 23.3 Å². The average Bonchev–Trinajstić information content (AvgIpc) is 3.05. The van der Waals surface area contributed by atoms with Gasteiger partial charge in [-0.2, -0.15) is 0 Å². The summed E-state index contributed by atoms with van der Waals surface area (Å²) in [6, 6.07) is 11.1. The Balaban J connectivity index is 1.88. The zero-order valence-corrected chi connectivity index (χ0v) is 11.6. The lowest BCUT2D eigenvalue weighted by atomic mass is 10.2. The summed E-state index contributed by atoms with van der Waals surface area (Å²) >= 11 is 6.17. The van der Waals surface area contributed by atoms with E-state index in [1.807, 2.05) is 37.4 Å². The summed E-state index contributed by atoms with van der Waals surface area (Å²) in [5.41, 5.74) is 1.43. The Hall–Kier alpha value is -2.20. The van der Waals surface area contributed by atoms with Gasteiger partial charge in [-0.3, -0.25) is 4.79 Å². The quantitative estimate of drug-likeness (QED) is 0.803. The van der Waals surface area contributed by atoms with Gasteiger partial charge in [0.1, 0.15) is 11.5 Å². The molecular formula is C15H13ClN2O2. The van der Waals surface area contributed by atoms with E-state index in [4.69, 9.17) is 16.0 Å². The lowest BCUT2D eigenvalue weighted by molar-refractivity contribution is 0.0940. The number of hydrogen-bond acceptors (Lipinski definition) is 2. The van der Waals surface area contributed by atoms with Gasteiger partial charge in [0.15, 0.2) is 0 Å². The van der Waals surface area contributed by atoms with Gasteiger partial charge in [0.2, 0.25) is 0 Å². The molecule has 3 aromatic rings. The number of carbonyl (C=O) groups is 1. The topological polar surface area (TPSA) is 47.2 Å². The fourth-order valence-electron chi connectivity index (χ4n) is 2.26. The molecule has 0 saturated heterocycles. The minimum Gasteiger partial charge on any atom is -0.467 e. The second-order valence-corrected chi connectivity index (χ2v) is 4.94. The number of nitrogens with one attached hydrogen (secondary N) is 1. The molecule has 5 heteroatoms. The zero-order valence-electron chi connectivity index (χ0n) is 10.9. The van der Waals surface area contributed by atoms with Gasteiger partial charge in [0.25, 0.3) is 5.91 Å². The highest BCUT2D eigenvalue weighted by molar-refractivity contribution is 6.35. The normalized spacial score (nSPS) is 10.9. The van der Waals surface area contributed by atoms with E-state index >= 15 is 0 Å². The number of para-hydroxylation sites is 1. The Bertz CT molecular complexity index is 760. The zero-order chi connectivity index (χ0) is 14.1. The van der Waals surface area contributed by atoms with Gasteiger partial charge < -0.3 is 14.3 Å². The number of benzene rings is 1. The Kier molecular flexibility index (Phi) is 3.24. The van der Waals surface area contributed by atoms with Gasteiger partial charge >= 0.3 is 0 Å². The van der Waals surface area contributed by atoms with Crippen molar-refractivity contribution in [1.82, 2.24) is 9.88 Å². The van der Waals surface area contributed by atoms with Crippen LogP contribution in [-0.2, 0) is 13.6 Å². The molecule has 0 spiro atoms. The van der Waals surface area contributed by atoms with Gasteiger partial charge in [-0.25, -0.2) is 0 Å². The number of amides is 1. The van der Waals surface area contributed by atoms with E-state index in [9.17, 15) is 4.79 Å². The maximum absolute atomic E-state index is 12.2. The number of carbonyl (C=O) groups excluding carboxylic acids is 1. The van der Waals surface area contributed by atoms with Gasteiger partial charge in [0, 0.05) is 12.4 Å². The number of aryl methyl sites for hydroxylation is 1. The van der Waals surface area contributed by atoms with Crippen molar-refractivity contribution in [1.29, 1.82) is 0 Å². The molecular weight excluding hydrogens is 276 g/mol. The molecule has 1 N–H and O–H groups in total. The first-order valence-electron chi connectivity index (χ1n) is 6.21. The van der Waals surface area contributed by atoms with Crippen LogP contribution >= 0.6 is 11.6 Å². The Morgan fingerprint density at radius 3 is 2.90 bits per heavy atom. The molecule has 0 fully saturated rings. The van der Waals surface area contributed by atoms with Crippen LogP contribution in [0.25, 0.3) is 10.9 Å². The van der Waals surface area contributed by atoms with Crippen LogP contribution in [0.4, 0.5) is 0 Å². The minimum absolute atomic E-state index is 0.156. The predicted molar refractivity (Wildman–Crippen MR) is 77.8 cm³/mol. The average molecular weight is 289 g/mol. The van der Waals surface area contributed by atoms with Crippen molar-refractivity contribution in [2.75, 3.05) is 0 Å². The number of hydrogen-bond donors (Lipinski definition) is 1. The smallest absolute Gasteiger partial charge is 0.268 e. The van der Waals surface area contributed by atoms with Crippen LogP contribution in [-0.4, -0.2) is 10.5 Å². The number of halogens is 1. The molecule has 2 aromatic heterocycles. The molecule has 0 aliphatic carbocycles. The number of fused-ring (bicyclic) bond motifs is 1.